The van der Waals surface area contributed by atoms with Crippen LogP contribution in [-0.2, 0) is 6.42 Å². The standard InChI is InChI=1S/C22H21N5O3/c1-29-17-9-7-15(8-10-17)11-12-24-21(28)19-14-30-22(26-19)18-13-25-27(20(18)23)16-5-3-2-4-6-16/h2-10,13-14H,11-12,23H2,1H3,(H,24,28). The number of carbonyl (C=O) groups excluding carboxylic acids is 1. The molecule has 0 radical (unpaired) electrons. The van der Waals surface area contributed by atoms with Crippen LogP contribution < -0.4 is 15.8 Å². The average Bonchev–Trinajstić information content (AvgIpc) is 3.41. The van der Waals surface area contributed by atoms with E-state index in [1.807, 2.05) is 54.6 Å². The van der Waals surface area contributed by atoms with E-state index in [1.165, 1.54) is 6.26 Å². The molecule has 30 heavy (non-hydrogen) atoms. The molecule has 0 unspecified atom stereocenters. The number of ether oxygens (including phenoxy) is 1. The molecule has 2 aromatic heterocycles. The van der Waals surface area contributed by atoms with Gasteiger partial charge in [0.1, 0.15) is 17.8 Å². The molecule has 152 valence electrons. The third-order valence-corrected chi connectivity index (χ3v) is 4.63. The van der Waals surface area contributed by atoms with E-state index in [9.17, 15) is 4.79 Å². The summed E-state index contributed by atoms with van der Waals surface area (Å²) in [4.78, 5) is 16.7. The minimum atomic E-state index is -0.312. The molecule has 4 aromatic rings. The molecule has 8 heteroatoms. The van der Waals surface area contributed by atoms with Gasteiger partial charge in [-0.2, -0.15) is 5.10 Å². The number of hydrogen-bond acceptors (Lipinski definition) is 6. The average molecular weight is 403 g/mol. The summed E-state index contributed by atoms with van der Waals surface area (Å²) < 4.78 is 12.2. The van der Waals surface area contributed by atoms with E-state index in [2.05, 4.69) is 15.4 Å². The summed E-state index contributed by atoms with van der Waals surface area (Å²) in [5, 5.41) is 7.14. The van der Waals surface area contributed by atoms with Crippen LogP contribution in [0.2, 0.25) is 0 Å². The number of nitrogens with two attached hydrogens (primary N) is 1. The van der Waals surface area contributed by atoms with Gasteiger partial charge in [-0.1, -0.05) is 30.3 Å². The Morgan fingerprint density at radius 2 is 1.93 bits per heavy atom. The number of anilines is 1. The van der Waals surface area contributed by atoms with Crippen LogP contribution in [0.5, 0.6) is 5.75 Å². The van der Waals surface area contributed by atoms with Crippen molar-refractivity contribution in [3.63, 3.8) is 0 Å². The largest absolute Gasteiger partial charge is 0.497 e. The van der Waals surface area contributed by atoms with Crippen molar-refractivity contribution in [1.82, 2.24) is 20.1 Å². The highest BCUT2D eigenvalue weighted by atomic mass is 16.5. The number of benzene rings is 2. The summed E-state index contributed by atoms with van der Waals surface area (Å²) >= 11 is 0. The molecule has 3 N–H and O–H groups in total. The van der Waals surface area contributed by atoms with Crippen LogP contribution in [0.4, 0.5) is 5.82 Å². The molecule has 0 saturated heterocycles. The van der Waals surface area contributed by atoms with E-state index >= 15 is 0 Å². The third kappa shape index (κ3) is 4.02. The summed E-state index contributed by atoms with van der Waals surface area (Å²) in [6.45, 7) is 0.474. The van der Waals surface area contributed by atoms with Crippen molar-refractivity contribution in [3.8, 4) is 22.9 Å². The van der Waals surface area contributed by atoms with Crippen LogP contribution in [0.1, 0.15) is 16.1 Å². The maximum atomic E-state index is 12.4. The van der Waals surface area contributed by atoms with Gasteiger partial charge in [0.25, 0.3) is 5.91 Å². The number of hydrogen-bond donors (Lipinski definition) is 2. The fourth-order valence-electron chi connectivity index (χ4n) is 3.00. The fourth-order valence-corrected chi connectivity index (χ4v) is 3.00. The summed E-state index contributed by atoms with van der Waals surface area (Å²) in [7, 11) is 1.63. The number of oxazole rings is 1. The summed E-state index contributed by atoms with van der Waals surface area (Å²) in [6, 6.07) is 17.2. The molecule has 0 bridgehead atoms. The lowest BCUT2D eigenvalue weighted by Crippen LogP contribution is -2.25. The molecule has 0 saturated carbocycles. The number of nitrogens with zero attached hydrogens (tertiary/aromatic N) is 3. The Bertz CT molecular complexity index is 1130. The first-order valence-electron chi connectivity index (χ1n) is 9.41. The number of methoxy groups -OCH3 is 1. The van der Waals surface area contributed by atoms with E-state index in [-0.39, 0.29) is 17.5 Å². The van der Waals surface area contributed by atoms with Gasteiger partial charge in [-0.05, 0) is 36.2 Å². The highest BCUT2D eigenvalue weighted by Crippen LogP contribution is 2.27. The topological polar surface area (TPSA) is 108 Å². The molecule has 0 fully saturated rings. The molecular formula is C22H21N5O3. The second-order valence-electron chi connectivity index (χ2n) is 6.58. The van der Waals surface area contributed by atoms with Crippen LogP contribution in [0.15, 0.2) is 71.5 Å². The molecule has 4 rings (SSSR count). The summed E-state index contributed by atoms with van der Waals surface area (Å²) in [5.41, 5.74) is 8.84. The SMILES string of the molecule is COc1ccc(CCNC(=O)c2coc(-c3cnn(-c4ccccc4)c3N)n2)cc1. The maximum Gasteiger partial charge on any atom is 0.273 e. The first-order valence-corrected chi connectivity index (χ1v) is 9.41. The Morgan fingerprint density at radius 1 is 1.17 bits per heavy atom. The number of amides is 1. The summed E-state index contributed by atoms with van der Waals surface area (Å²) in [6.07, 6.45) is 3.58. The predicted octanol–water partition coefficient (Wildman–Crippen LogP) is 3.09. The van der Waals surface area contributed by atoms with E-state index in [0.717, 1.165) is 17.0 Å². The van der Waals surface area contributed by atoms with E-state index < -0.39 is 0 Å². The van der Waals surface area contributed by atoms with Crippen LogP contribution >= 0.6 is 0 Å². The van der Waals surface area contributed by atoms with Crippen LogP contribution in [0, 0.1) is 0 Å². The third-order valence-electron chi connectivity index (χ3n) is 4.63. The molecule has 1 amide bonds. The maximum absolute atomic E-state index is 12.4. The number of rotatable bonds is 7. The molecule has 2 heterocycles. The van der Waals surface area contributed by atoms with Gasteiger partial charge < -0.3 is 20.2 Å². The lowest BCUT2D eigenvalue weighted by atomic mass is 10.1. The fraction of sp³-hybridized carbons (Fsp3) is 0.136. The van der Waals surface area contributed by atoms with Gasteiger partial charge in [0.05, 0.1) is 24.6 Å². The number of nitrogen functional groups attached to an aromatic ring is 1. The van der Waals surface area contributed by atoms with E-state index in [0.29, 0.717) is 24.3 Å². The highest BCUT2D eigenvalue weighted by molar-refractivity contribution is 5.92. The molecular weight excluding hydrogens is 382 g/mol. The van der Waals surface area contributed by atoms with Gasteiger partial charge in [-0.3, -0.25) is 4.79 Å². The second-order valence-corrected chi connectivity index (χ2v) is 6.58. The predicted molar refractivity (Wildman–Crippen MR) is 113 cm³/mol. The van der Waals surface area contributed by atoms with Crippen molar-refractivity contribution in [1.29, 1.82) is 0 Å². The molecule has 8 nitrogen and oxygen atoms in total. The molecule has 0 aliphatic carbocycles. The van der Waals surface area contributed by atoms with E-state index in [1.54, 1.807) is 18.0 Å². The van der Waals surface area contributed by atoms with Gasteiger partial charge in [0, 0.05) is 6.54 Å². The van der Waals surface area contributed by atoms with Gasteiger partial charge in [-0.15, -0.1) is 0 Å². The smallest absolute Gasteiger partial charge is 0.273 e. The van der Waals surface area contributed by atoms with Crippen LogP contribution in [0.25, 0.3) is 17.1 Å². The second kappa shape index (κ2) is 8.52. The minimum Gasteiger partial charge on any atom is -0.497 e. The minimum absolute atomic E-state index is 0.187. The Kier molecular flexibility index (Phi) is 5.47. The van der Waals surface area contributed by atoms with Gasteiger partial charge >= 0.3 is 0 Å². The zero-order chi connectivity index (χ0) is 20.9. The van der Waals surface area contributed by atoms with Gasteiger partial charge in [-0.25, -0.2) is 9.67 Å². The Morgan fingerprint density at radius 3 is 2.67 bits per heavy atom. The number of para-hydroxylation sites is 1. The molecule has 0 aliphatic heterocycles. The highest BCUT2D eigenvalue weighted by Gasteiger charge is 2.18. The first kappa shape index (κ1) is 19.3. The molecule has 2 aromatic carbocycles. The number of carbonyl (C=O) groups is 1. The molecule has 0 atom stereocenters. The monoisotopic (exact) mass is 403 g/mol. The normalized spacial score (nSPS) is 10.7. The van der Waals surface area contributed by atoms with E-state index in [4.69, 9.17) is 14.9 Å². The van der Waals surface area contributed by atoms with Crippen molar-refractivity contribution < 1.29 is 13.9 Å². The van der Waals surface area contributed by atoms with Crippen LogP contribution in [-0.4, -0.2) is 34.3 Å². The van der Waals surface area contributed by atoms with Crippen molar-refractivity contribution in [3.05, 3.63) is 78.3 Å². The molecule has 0 aliphatic rings. The number of aromatic nitrogens is 3. The van der Waals surface area contributed by atoms with Crippen molar-refractivity contribution in [2.24, 2.45) is 0 Å². The van der Waals surface area contributed by atoms with Gasteiger partial charge in [0.15, 0.2) is 5.69 Å². The van der Waals surface area contributed by atoms with Crippen LogP contribution in [0.3, 0.4) is 0 Å². The Hall–Kier alpha value is -4.07. The quantitative estimate of drug-likeness (QED) is 0.491. The first-order chi connectivity index (χ1) is 14.7. The Labute approximate surface area is 173 Å². The Balaban J connectivity index is 1.40. The molecule has 0 spiro atoms. The zero-order valence-corrected chi connectivity index (χ0v) is 16.4. The number of nitrogens with one attached hydrogen (secondary N) is 1. The van der Waals surface area contributed by atoms with Gasteiger partial charge in [0.2, 0.25) is 5.89 Å². The zero-order valence-electron chi connectivity index (χ0n) is 16.4. The van der Waals surface area contributed by atoms with Crippen molar-refractivity contribution in [2.45, 2.75) is 6.42 Å². The van der Waals surface area contributed by atoms with Crippen molar-refractivity contribution in [2.75, 3.05) is 19.4 Å². The summed E-state index contributed by atoms with van der Waals surface area (Å²) in [5.74, 6) is 1.12. The van der Waals surface area contributed by atoms with Crippen molar-refractivity contribution >= 4 is 11.7 Å². The lowest BCUT2D eigenvalue weighted by Gasteiger charge is -2.04. The lowest BCUT2D eigenvalue weighted by molar-refractivity contribution is 0.0949.